The third-order valence-electron chi connectivity index (χ3n) is 3.96. The van der Waals surface area contributed by atoms with Crippen LogP contribution in [-0.2, 0) is 0 Å². The number of rotatable bonds is 2. The van der Waals surface area contributed by atoms with Crippen LogP contribution in [0.5, 0.6) is 0 Å². The highest BCUT2D eigenvalue weighted by Crippen LogP contribution is 2.33. The van der Waals surface area contributed by atoms with Crippen molar-refractivity contribution in [3.8, 4) is 11.5 Å². The van der Waals surface area contributed by atoms with Crippen LogP contribution < -0.4 is 5.32 Å². The van der Waals surface area contributed by atoms with Gasteiger partial charge in [-0.05, 0) is 13.1 Å². The van der Waals surface area contributed by atoms with Gasteiger partial charge in [0.15, 0.2) is 5.82 Å². The molecule has 1 atom stereocenters. The van der Waals surface area contributed by atoms with E-state index >= 15 is 0 Å². The molecule has 0 spiro atoms. The molecule has 22 heavy (non-hydrogen) atoms. The van der Waals surface area contributed by atoms with Crippen molar-refractivity contribution in [2.75, 3.05) is 26.7 Å². The Morgan fingerprint density at radius 3 is 3.09 bits per heavy atom. The monoisotopic (exact) mass is 336 g/mol. The van der Waals surface area contributed by atoms with Gasteiger partial charge in [0.05, 0.1) is 11.6 Å². The van der Waals surface area contributed by atoms with Crippen LogP contribution in [0.1, 0.15) is 11.9 Å². The standard InChI is InChI=1S/C15H16N4OS.ClH/c1-19-7-6-16-8-12(19)14-17-15(20-18-14)11-9-21-13-5-3-2-4-10(11)13;/h2-5,9,12,16H,6-8H2,1H3;1H. The lowest BCUT2D eigenvalue weighted by atomic mass is 10.1. The molecule has 1 aliphatic rings. The van der Waals surface area contributed by atoms with E-state index < -0.39 is 0 Å². The smallest absolute Gasteiger partial charge is 0.259 e. The summed E-state index contributed by atoms with van der Waals surface area (Å²) < 4.78 is 6.75. The number of thiophene rings is 1. The quantitative estimate of drug-likeness (QED) is 0.779. The maximum Gasteiger partial charge on any atom is 0.259 e. The Bertz CT molecular complexity index is 772. The zero-order valence-corrected chi connectivity index (χ0v) is 13.8. The van der Waals surface area contributed by atoms with Gasteiger partial charge in [0.2, 0.25) is 0 Å². The van der Waals surface area contributed by atoms with Crippen LogP contribution in [0.4, 0.5) is 0 Å². The summed E-state index contributed by atoms with van der Waals surface area (Å²) in [5.41, 5.74) is 1.03. The minimum Gasteiger partial charge on any atom is -0.334 e. The van der Waals surface area contributed by atoms with Crippen molar-refractivity contribution < 1.29 is 4.52 Å². The van der Waals surface area contributed by atoms with Gasteiger partial charge in [-0.25, -0.2) is 0 Å². The highest BCUT2D eigenvalue weighted by atomic mass is 35.5. The molecule has 1 aromatic carbocycles. The molecule has 0 radical (unpaired) electrons. The molecular formula is C15H17ClN4OS. The van der Waals surface area contributed by atoms with E-state index in [1.807, 2.05) is 12.1 Å². The van der Waals surface area contributed by atoms with Crippen molar-refractivity contribution in [3.63, 3.8) is 0 Å². The zero-order valence-electron chi connectivity index (χ0n) is 12.2. The number of fused-ring (bicyclic) bond motifs is 1. The summed E-state index contributed by atoms with van der Waals surface area (Å²) >= 11 is 1.70. The molecule has 1 saturated heterocycles. The Hall–Kier alpha value is -1.47. The maximum atomic E-state index is 5.51. The minimum absolute atomic E-state index is 0. The first kappa shape index (κ1) is 15.4. The molecule has 0 saturated carbocycles. The lowest BCUT2D eigenvalue weighted by Gasteiger charge is -2.30. The lowest BCUT2D eigenvalue weighted by molar-refractivity contribution is 0.190. The first-order valence-corrected chi connectivity index (χ1v) is 7.92. The summed E-state index contributed by atoms with van der Waals surface area (Å²) in [6.45, 7) is 2.86. The van der Waals surface area contributed by atoms with Crippen molar-refractivity contribution in [3.05, 3.63) is 35.5 Å². The van der Waals surface area contributed by atoms with Gasteiger partial charge < -0.3 is 9.84 Å². The SMILES string of the molecule is CN1CCNCC1c1noc(-c2csc3ccccc23)n1.Cl. The molecular weight excluding hydrogens is 320 g/mol. The molecule has 116 valence electrons. The lowest BCUT2D eigenvalue weighted by Crippen LogP contribution is -2.44. The van der Waals surface area contributed by atoms with Gasteiger partial charge >= 0.3 is 0 Å². The highest BCUT2D eigenvalue weighted by Gasteiger charge is 2.26. The van der Waals surface area contributed by atoms with E-state index in [4.69, 9.17) is 4.52 Å². The summed E-state index contributed by atoms with van der Waals surface area (Å²) in [7, 11) is 2.10. The molecule has 3 heterocycles. The topological polar surface area (TPSA) is 54.2 Å². The molecule has 2 aromatic heterocycles. The number of hydrogen-bond acceptors (Lipinski definition) is 6. The first-order chi connectivity index (χ1) is 10.3. The number of aromatic nitrogens is 2. The molecule has 1 fully saturated rings. The van der Waals surface area contributed by atoms with Crippen molar-refractivity contribution >= 4 is 33.8 Å². The molecule has 0 aliphatic carbocycles. The third kappa shape index (κ3) is 2.63. The average molecular weight is 337 g/mol. The fourth-order valence-corrected chi connectivity index (χ4v) is 3.65. The van der Waals surface area contributed by atoms with Crippen LogP contribution >= 0.6 is 23.7 Å². The molecule has 0 amide bonds. The molecule has 1 aliphatic heterocycles. The van der Waals surface area contributed by atoms with Gasteiger partial charge in [0.25, 0.3) is 5.89 Å². The van der Waals surface area contributed by atoms with Gasteiger partial charge in [0, 0.05) is 35.1 Å². The number of benzene rings is 1. The van der Waals surface area contributed by atoms with Gasteiger partial charge in [-0.2, -0.15) is 4.98 Å². The Morgan fingerprint density at radius 1 is 1.36 bits per heavy atom. The number of halogens is 1. The van der Waals surface area contributed by atoms with Gasteiger partial charge in [-0.15, -0.1) is 23.7 Å². The Morgan fingerprint density at radius 2 is 2.23 bits per heavy atom. The van der Waals surface area contributed by atoms with Crippen molar-refractivity contribution in [2.45, 2.75) is 6.04 Å². The normalized spacial score (nSPS) is 19.2. The van der Waals surface area contributed by atoms with Gasteiger partial charge in [-0.1, -0.05) is 23.4 Å². The predicted molar refractivity (Wildman–Crippen MR) is 90.6 cm³/mol. The van der Waals surface area contributed by atoms with Crippen LogP contribution in [0.2, 0.25) is 0 Å². The number of piperazine rings is 1. The van der Waals surface area contributed by atoms with E-state index in [2.05, 4.69) is 44.9 Å². The van der Waals surface area contributed by atoms with E-state index in [-0.39, 0.29) is 18.4 Å². The predicted octanol–water partition coefficient (Wildman–Crippen LogP) is 2.95. The molecule has 4 rings (SSSR count). The maximum absolute atomic E-state index is 5.51. The molecule has 0 bridgehead atoms. The molecule has 1 N–H and O–H groups in total. The third-order valence-corrected chi connectivity index (χ3v) is 4.93. The van der Waals surface area contributed by atoms with Crippen LogP contribution in [0.15, 0.2) is 34.2 Å². The summed E-state index contributed by atoms with van der Waals surface area (Å²) in [4.78, 5) is 6.88. The second-order valence-electron chi connectivity index (χ2n) is 5.30. The summed E-state index contributed by atoms with van der Waals surface area (Å²) in [6, 6.07) is 8.47. The van der Waals surface area contributed by atoms with Crippen LogP contribution in [0.3, 0.4) is 0 Å². The number of nitrogens with zero attached hydrogens (tertiary/aromatic N) is 3. The fourth-order valence-electron chi connectivity index (χ4n) is 2.72. The van der Waals surface area contributed by atoms with Crippen molar-refractivity contribution in [1.82, 2.24) is 20.4 Å². The number of hydrogen-bond donors (Lipinski definition) is 1. The summed E-state index contributed by atoms with van der Waals surface area (Å²) in [6.07, 6.45) is 0. The highest BCUT2D eigenvalue weighted by molar-refractivity contribution is 7.17. The van der Waals surface area contributed by atoms with Gasteiger partial charge in [-0.3, -0.25) is 4.90 Å². The fraction of sp³-hybridized carbons (Fsp3) is 0.333. The number of likely N-dealkylation sites (N-methyl/N-ethyl adjacent to an activating group) is 1. The second-order valence-corrected chi connectivity index (χ2v) is 6.22. The van der Waals surface area contributed by atoms with E-state index in [0.717, 1.165) is 31.0 Å². The van der Waals surface area contributed by atoms with Crippen LogP contribution in [0, 0.1) is 0 Å². The first-order valence-electron chi connectivity index (χ1n) is 7.04. The van der Waals surface area contributed by atoms with Crippen molar-refractivity contribution in [2.24, 2.45) is 0 Å². The van der Waals surface area contributed by atoms with Gasteiger partial charge in [0.1, 0.15) is 0 Å². The van der Waals surface area contributed by atoms with E-state index in [1.165, 1.54) is 10.1 Å². The molecule has 7 heteroatoms. The minimum atomic E-state index is 0. The second kappa shape index (κ2) is 6.34. The van der Waals surface area contributed by atoms with E-state index in [9.17, 15) is 0 Å². The Labute approximate surface area is 138 Å². The van der Waals surface area contributed by atoms with E-state index in [0.29, 0.717) is 5.89 Å². The average Bonchev–Trinajstić information content (AvgIpc) is 3.14. The molecule has 3 aromatic rings. The number of nitrogens with one attached hydrogen (secondary N) is 1. The van der Waals surface area contributed by atoms with E-state index in [1.54, 1.807) is 11.3 Å². The van der Waals surface area contributed by atoms with Crippen LogP contribution in [-0.4, -0.2) is 41.7 Å². The Kier molecular flexibility index (Phi) is 4.44. The largest absolute Gasteiger partial charge is 0.334 e. The summed E-state index contributed by atoms with van der Waals surface area (Å²) in [5.74, 6) is 1.37. The Balaban J connectivity index is 0.00000144. The molecule has 1 unspecified atom stereocenters. The van der Waals surface area contributed by atoms with Crippen LogP contribution in [0.25, 0.3) is 21.5 Å². The van der Waals surface area contributed by atoms with Crippen molar-refractivity contribution in [1.29, 1.82) is 0 Å². The zero-order chi connectivity index (χ0) is 14.2. The molecule has 5 nitrogen and oxygen atoms in total. The summed E-state index contributed by atoms with van der Waals surface area (Å²) in [5, 5.41) is 10.8.